The molecule has 94 valence electrons. The van der Waals surface area contributed by atoms with Crippen molar-refractivity contribution in [3.8, 4) is 0 Å². The fraction of sp³-hybridized carbons (Fsp3) is 0.167. The Morgan fingerprint density at radius 2 is 2.33 bits per heavy atom. The average Bonchev–Trinajstić information content (AvgIpc) is 2.91. The molecule has 6 nitrogen and oxygen atoms in total. The highest BCUT2D eigenvalue weighted by Gasteiger charge is 2.10. The third-order valence-electron chi connectivity index (χ3n) is 2.46. The maximum atomic E-state index is 11.9. The van der Waals surface area contributed by atoms with Crippen molar-refractivity contribution in [2.45, 2.75) is 6.42 Å². The molecule has 0 aromatic carbocycles. The molecule has 2 aromatic heterocycles. The number of amides is 1. The molecule has 0 spiro atoms. The molecular weight excluding hydrogens is 232 g/mol. The Hall–Kier alpha value is -2.34. The summed E-state index contributed by atoms with van der Waals surface area (Å²) in [5.41, 5.74) is 3.42. The Balaban J connectivity index is 1.91. The van der Waals surface area contributed by atoms with Gasteiger partial charge in [-0.25, -0.2) is 0 Å². The van der Waals surface area contributed by atoms with Crippen molar-refractivity contribution in [1.82, 2.24) is 10.3 Å². The van der Waals surface area contributed by atoms with Crippen molar-refractivity contribution < 1.29 is 9.21 Å². The van der Waals surface area contributed by atoms with Gasteiger partial charge in [0.15, 0.2) is 0 Å². The summed E-state index contributed by atoms with van der Waals surface area (Å²) < 4.78 is 5.17. The molecular formula is C12H14N4O2. The van der Waals surface area contributed by atoms with Gasteiger partial charge in [0.05, 0.1) is 17.5 Å². The number of nitrogen functional groups attached to an aromatic ring is 1. The lowest BCUT2D eigenvalue weighted by Crippen LogP contribution is -2.27. The average molecular weight is 246 g/mol. The van der Waals surface area contributed by atoms with E-state index < -0.39 is 0 Å². The molecule has 6 heteroatoms. The highest BCUT2D eigenvalue weighted by Crippen LogP contribution is 2.11. The van der Waals surface area contributed by atoms with Gasteiger partial charge in [0.2, 0.25) is 0 Å². The summed E-state index contributed by atoms with van der Waals surface area (Å²) in [5.74, 6) is 5.93. The van der Waals surface area contributed by atoms with E-state index in [0.717, 1.165) is 5.76 Å². The van der Waals surface area contributed by atoms with Crippen molar-refractivity contribution in [2.75, 3.05) is 12.0 Å². The van der Waals surface area contributed by atoms with Gasteiger partial charge in [-0.3, -0.25) is 15.6 Å². The summed E-state index contributed by atoms with van der Waals surface area (Å²) in [6.45, 7) is 0.491. The Morgan fingerprint density at radius 3 is 3.06 bits per heavy atom. The van der Waals surface area contributed by atoms with E-state index in [1.54, 1.807) is 18.5 Å². The van der Waals surface area contributed by atoms with E-state index in [4.69, 9.17) is 10.3 Å². The summed E-state index contributed by atoms with van der Waals surface area (Å²) in [6.07, 6.45) is 5.28. The van der Waals surface area contributed by atoms with E-state index in [-0.39, 0.29) is 5.91 Å². The number of anilines is 1. The number of aromatic nitrogens is 1. The van der Waals surface area contributed by atoms with E-state index in [9.17, 15) is 4.79 Å². The molecule has 1 amide bonds. The van der Waals surface area contributed by atoms with Gasteiger partial charge in [-0.05, 0) is 18.2 Å². The third kappa shape index (κ3) is 2.86. The standard InChI is InChI=1S/C12H14N4O2/c13-16-11-4-5-14-8-10(11)12(17)15-6-3-9-2-1-7-18-9/h1-2,4-5,7-8H,3,6,13H2,(H,14,16)(H,15,17). The number of nitrogens with zero attached hydrogens (tertiary/aromatic N) is 1. The number of nitrogens with two attached hydrogens (primary N) is 1. The third-order valence-corrected chi connectivity index (χ3v) is 2.46. The summed E-state index contributed by atoms with van der Waals surface area (Å²) >= 11 is 0. The van der Waals surface area contributed by atoms with Gasteiger partial charge in [0.25, 0.3) is 5.91 Å². The zero-order chi connectivity index (χ0) is 12.8. The van der Waals surface area contributed by atoms with Gasteiger partial charge < -0.3 is 15.2 Å². The minimum absolute atomic E-state index is 0.220. The smallest absolute Gasteiger partial charge is 0.255 e. The topological polar surface area (TPSA) is 93.2 Å². The molecule has 0 aliphatic carbocycles. The van der Waals surface area contributed by atoms with Crippen LogP contribution in [0.5, 0.6) is 0 Å². The van der Waals surface area contributed by atoms with Gasteiger partial charge in [0.1, 0.15) is 5.76 Å². The van der Waals surface area contributed by atoms with Crippen LogP contribution >= 0.6 is 0 Å². The van der Waals surface area contributed by atoms with Crippen molar-refractivity contribution in [3.63, 3.8) is 0 Å². The number of nitrogens with one attached hydrogen (secondary N) is 2. The molecule has 18 heavy (non-hydrogen) atoms. The summed E-state index contributed by atoms with van der Waals surface area (Å²) in [7, 11) is 0. The van der Waals surface area contributed by atoms with Crippen molar-refractivity contribution >= 4 is 11.6 Å². The van der Waals surface area contributed by atoms with Crippen LogP contribution in [0, 0.1) is 0 Å². The Kier molecular flexibility index (Phi) is 3.93. The molecule has 4 N–H and O–H groups in total. The van der Waals surface area contributed by atoms with Crippen molar-refractivity contribution in [1.29, 1.82) is 0 Å². The Bertz CT molecular complexity index is 511. The number of furan rings is 1. The van der Waals surface area contributed by atoms with Gasteiger partial charge in [-0.1, -0.05) is 0 Å². The number of hydrogen-bond acceptors (Lipinski definition) is 5. The molecule has 0 aliphatic rings. The molecule has 0 aliphatic heterocycles. The number of hydrazine groups is 1. The molecule has 0 unspecified atom stereocenters. The summed E-state index contributed by atoms with van der Waals surface area (Å²) in [5, 5.41) is 2.78. The summed E-state index contributed by atoms with van der Waals surface area (Å²) in [4.78, 5) is 15.8. The minimum atomic E-state index is -0.220. The van der Waals surface area contributed by atoms with Crippen LogP contribution in [0.25, 0.3) is 0 Å². The van der Waals surface area contributed by atoms with E-state index in [2.05, 4.69) is 15.7 Å². The predicted octanol–water partition coefficient (Wildman–Crippen LogP) is 0.933. The van der Waals surface area contributed by atoms with Gasteiger partial charge in [0, 0.05) is 25.4 Å². The zero-order valence-corrected chi connectivity index (χ0v) is 9.72. The van der Waals surface area contributed by atoms with Crippen LogP contribution in [-0.2, 0) is 6.42 Å². The lowest BCUT2D eigenvalue weighted by atomic mass is 10.2. The predicted molar refractivity (Wildman–Crippen MR) is 66.8 cm³/mol. The molecule has 0 fully saturated rings. The first-order valence-electron chi connectivity index (χ1n) is 5.52. The summed E-state index contributed by atoms with van der Waals surface area (Å²) in [6, 6.07) is 5.32. The molecule has 0 bridgehead atoms. The first-order chi connectivity index (χ1) is 8.81. The Labute approximate surface area is 104 Å². The molecule has 0 saturated heterocycles. The van der Waals surface area contributed by atoms with E-state index in [1.807, 2.05) is 12.1 Å². The largest absolute Gasteiger partial charge is 0.469 e. The first-order valence-corrected chi connectivity index (χ1v) is 5.52. The van der Waals surface area contributed by atoms with Gasteiger partial charge >= 0.3 is 0 Å². The maximum absolute atomic E-state index is 11.9. The normalized spacial score (nSPS) is 10.1. The second-order valence-corrected chi connectivity index (χ2v) is 3.65. The van der Waals surface area contributed by atoms with Crippen LogP contribution in [0.3, 0.4) is 0 Å². The Morgan fingerprint density at radius 1 is 1.44 bits per heavy atom. The van der Waals surface area contributed by atoms with Crippen LogP contribution in [0.4, 0.5) is 5.69 Å². The first kappa shape index (κ1) is 12.1. The van der Waals surface area contributed by atoms with Crippen LogP contribution in [-0.4, -0.2) is 17.4 Å². The number of rotatable bonds is 5. The molecule has 2 heterocycles. The molecule has 0 saturated carbocycles. The van der Waals surface area contributed by atoms with Crippen molar-refractivity contribution in [2.24, 2.45) is 5.84 Å². The molecule has 0 atom stereocenters. The molecule has 2 rings (SSSR count). The molecule has 2 aromatic rings. The van der Waals surface area contributed by atoms with Crippen LogP contribution in [0.1, 0.15) is 16.1 Å². The minimum Gasteiger partial charge on any atom is -0.469 e. The highest BCUT2D eigenvalue weighted by molar-refractivity contribution is 5.99. The lowest BCUT2D eigenvalue weighted by Gasteiger charge is -2.08. The van der Waals surface area contributed by atoms with Gasteiger partial charge in [-0.2, -0.15) is 0 Å². The van der Waals surface area contributed by atoms with Crippen LogP contribution in [0.15, 0.2) is 41.3 Å². The monoisotopic (exact) mass is 246 g/mol. The van der Waals surface area contributed by atoms with Crippen molar-refractivity contribution in [3.05, 3.63) is 48.2 Å². The van der Waals surface area contributed by atoms with E-state index in [0.29, 0.717) is 24.2 Å². The number of carbonyl (C=O) groups is 1. The second kappa shape index (κ2) is 5.83. The number of carbonyl (C=O) groups excluding carboxylic acids is 1. The quantitative estimate of drug-likeness (QED) is 0.539. The van der Waals surface area contributed by atoms with Crippen LogP contribution < -0.4 is 16.6 Å². The maximum Gasteiger partial charge on any atom is 0.255 e. The van der Waals surface area contributed by atoms with E-state index >= 15 is 0 Å². The fourth-order valence-corrected chi connectivity index (χ4v) is 1.55. The molecule has 0 radical (unpaired) electrons. The van der Waals surface area contributed by atoms with E-state index in [1.165, 1.54) is 6.20 Å². The van der Waals surface area contributed by atoms with Gasteiger partial charge in [-0.15, -0.1) is 0 Å². The lowest BCUT2D eigenvalue weighted by molar-refractivity contribution is 0.0954. The zero-order valence-electron chi connectivity index (χ0n) is 9.72. The number of pyridine rings is 1. The fourth-order valence-electron chi connectivity index (χ4n) is 1.55. The highest BCUT2D eigenvalue weighted by atomic mass is 16.3. The number of hydrogen-bond donors (Lipinski definition) is 3. The van der Waals surface area contributed by atoms with Crippen LogP contribution in [0.2, 0.25) is 0 Å². The second-order valence-electron chi connectivity index (χ2n) is 3.65. The SMILES string of the molecule is NNc1ccncc1C(=O)NCCc1ccco1.